The van der Waals surface area contributed by atoms with Crippen LogP contribution in [0, 0.1) is 0 Å². The predicted molar refractivity (Wildman–Crippen MR) is 99.8 cm³/mol. The molecule has 2 heterocycles. The highest BCUT2D eigenvalue weighted by Crippen LogP contribution is 2.20. The Kier molecular flexibility index (Phi) is 8.16. The van der Waals surface area contributed by atoms with Crippen molar-refractivity contribution in [3.05, 3.63) is 35.9 Å². The summed E-state index contributed by atoms with van der Waals surface area (Å²) in [5.74, 6) is 0.00950. The van der Waals surface area contributed by atoms with Crippen molar-refractivity contribution in [1.29, 1.82) is 0 Å². The van der Waals surface area contributed by atoms with Gasteiger partial charge in [0.2, 0.25) is 5.91 Å². The van der Waals surface area contributed by atoms with Gasteiger partial charge in [0.05, 0.1) is 18.8 Å². The normalized spacial score (nSPS) is 22.9. The highest BCUT2D eigenvalue weighted by molar-refractivity contribution is 5.85. The molecule has 2 unspecified atom stereocenters. The summed E-state index contributed by atoms with van der Waals surface area (Å²) in [5.41, 5.74) is 6.99. The van der Waals surface area contributed by atoms with Gasteiger partial charge in [-0.25, -0.2) is 0 Å². The van der Waals surface area contributed by atoms with Gasteiger partial charge in [0, 0.05) is 19.7 Å². The van der Waals surface area contributed by atoms with E-state index in [0.717, 1.165) is 44.5 Å². The standard InChI is InChI=1S/C19H28N2O3.ClH/c20-18(15-6-2-1-3-7-15)19(22)21-11-9-16(10-12-21)24-14-17-8-4-5-13-23-17;/h1-3,6-7,16-18H,4-5,8-14,20H2;1H. The van der Waals surface area contributed by atoms with E-state index in [9.17, 15) is 4.79 Å². The molecule has 0 aliphatic carbocycles. The van der Waals surface area contributed by atoms with Crippen LogP contribution in [0.25, 0.3) is 0 Å². The number of benzene rings is 1. The molecule has 25 heavy (non-hydrogen) atoms. The van der Waals surface area contributed by atoms with Gasteiger partial charge in [-0.2, -0.15) is 0 Å². The number of amides is 1. The lowest BCUT2D eigenvalue weighted by atomic mass is 10.0. The number of likely N-dealkylation sites (tertiary alicyclic amines) is 1. The van der Waals surface area contributed by atoms with E-state index < -0.39 is 6.04 Å². The maximum absolute atomic E-state index is 12.6. The molecule has 0 spiro atoms. The number of nitrogens with two attached hydrogens (primary N) is 1. The van der Waals surface area contributed by atoms with E-state index in [4.69, 9.17) is 15.2 Å². The van der Waals surface area contributed by atoms with E-state index in [1.807, 2.05) is 35.2 Å². The number of carbonyl (C=O) groups excluding carboxylic acids is 1. The van der Waals surface area contributed by atoms with Crippen molar-refractivity contribution in [2.75, 3.05) is 26.3 Å². The Morgan fingerprint density at radius 1 is 1.20 bits per heavy atom. The lowest BCUT2D eigenvalue weighted by molar-refractivity contribution is -0.136. The predicted octanol–water partition coefficient (Wildman–Crippen LogP) is 2.68. The first kappa shape index (κ1) is 20.2. The SMILES string of the molecule is Cl.NC(C(=O)N1CCC(OCC2CCCCO2)CC1)c1ccccc1. The zero-order valence-corrected chi connectivity index (χ0v) is 15.5. The van der Waals surface area contributed by atoms with Gasteiger partial charge in [-0.15, -0.1) is 12.4 Å². The maximum Gasteiger partial charge on any atom is 0.244 e. The molecular formula is C19H29ClN2O3. The van der Waals surface area contributed by atoms with Crippen LogP contribution in [0.4, 0.5) is 0 Å². The summed E-state index contributed by atoms with van der Waals surface area (Å²) in [7, 11) is 0. The van der Waals surface area contributed by atoms with Crippen LogP contribution in [0.15, 0.2) is 30.3 Å². The highest BCUT2D eigenvalue weighted by Gasteiger charge is 2.28. The summed E-state index contributed by atoms with van der Waals surface area (Å²) in [4.78, 5) is 14.4. The fraction of sp³-hybridized carbons (Fsp3) is 0.632. The molecule has 6 heteroatoms. The minimum atomic E-state index is -0.570. The first-order valence-electron chi connectivity index (χ1n) is 9.06. The second-order valence-corrected chi connectivity index (χ2v) is 6.73. The average molecular weight is 369 g/mol. The fourth-order valence-electron chi connectivity index (χ4n) is 3.42. The van der Waals surface area contributed by atoms with Crippen molar-refractivity contribution in [2.24, 2.45) is 5.73 Å². The number of hydrogen-bond donors (Lipinski definition) is 1. The summed E-state index contributed by atoms with van der Waals surface area (Å²) in [6.07, 6.45) is 5.73. The summed E-state index contributed by atoms with van der Waals surface area (Å²) in [5, 5.41) is 0. The fourth-order valence-corrected chi connectivity index (χ4v) is 3.42. The monoisotopic (exact) mass is 368 g/mol. The van der Waals surface area contributed by atoms with Gasteiger partial charge < -0.3 is 20.1 Å². The third kappa shape index (κ3) is 5.68. The van der Waals surface area contributed by atoms with Crippen LogP contribution in [0.5, 0.6) is 0 Å². The van der Waals surface area contributed by atoms with Gasteiger partial charge in [-0.05, 0) is 37.7 Å². The van der Waals surface area contributed by atoms with Crippen molar-refractivity contribution in [3.63, 3.8) is 0 Å². The molecule has 0 bridgehead atoms. The number of piperidine rings is 1. The first-order chi connectivity index (χ1) is 11.7. The smallest absolute Gasteiger partial charge is 0.244 e. The number of hydrogen-bond acceptors (Lipinski definition) is 4. The van der Waals surface area contributed by atoms with Crippen LogP contribution >= 0.6 is 12.4 Å². The van der Waals surface area contributed by atoms with Crippen LogP contribution in [0.3, 0.4) is 0 Å². The summed E-state index contributed by atoms with van der Waals surface area (Å²) in [6.45, 7) is 2.98. The molecule has 2 atom stereocenters. The zero-order valence-electron chi connectivity index (χ0n) is 14.6. The lowest BCUT2D eigenvalue weighted by Gasteiger charge is -2.34. The summed E-state index contributed by atoms with van der Waals surface area (Å²) >= 11 is 0. The Hall–Kier alpha value is -1.14. The molecular weight excluding hydrogens is 340 g/mol. The van der Waals surface area contributed by atoms with Gasteiger partial charge in [0.15, 0.2) is 0 Å². The van der Waals surface area contributed by atoms with Gasteiger partial charge in [-0.1, -0.05) is 30.3 Å². The lowest BCUT2D eigenvalue weighted by Crippen LogP contribution is -2.45. The van der Waals surface area contributed by atoms with E-state index >= 15 is 0 Å². The minimum Gasteiger partial charge on any atom is -0.376 e. The van der Waals surface area contributed by atoms with Gasteiger partial charge in [0.25, 0.3) is 0 Å². The van der Waals surface area contributed by atoms with Crippen molar-refractivity contribution in [3.8, 4) is 0 Å². The van der Waals surface area contributed by atoms with E-state index in [1.54, 1.807) is 0 Å². The topological polar surface area (TPSA) is 64.8 Å². The third-order valence-corrected chi connectivity index (χ3v) is 4.97. The number of rotatable bonds is 5. The molecule has 0 aromatic heterocycles. The van der Waals surface area contributed by atoms with Crippen LogP contribution < -0.4 is 5.73 Å². The van der Waals surface area contributed by atoms with Crippen molar-refractivity contribution < 1.29 is 14.3 Å². The molecule has 1 amide bonds. The van der Waals surface area contributed by atoms with E-state index in [0.29, 0.717) is 6.61 Å². The Labute approximate surface area is 156 Å². The molecule has 5 nitrogen and oxygen atoms in total. The van der Waals surface area contributed by atoms with E-state index in [-0.39, 0.29) is 30.5 Å². The number of halogens is 1. The van der Waals surface area contributed by atoms with E-state index in [1.165, 1.54) is 12.8 Å². The van der Waals surface area contributed by atoms with Crippen molar-refractivity contribution in [1.82, 2.24) is 4.90 Å². The third-order valence-electron chi connectivity index (χ3n) is 4.97. The molecule has 2 fully saturated rings. The summed E-state index contributed by atoms with van der Waals surface area (Å²) in [6, 6.07) is 9.00. The summed E-state index contributed by atoms with van der Waals surface area (Å²) < 4.78 is 11.7. The molecule has 1 aromatic rings. The van der Waals surface area contributed by atoms with Crippen LogP contribution in [0.2, 0.25) is 0 Å². The minimum absolute atomic E-state index is 0. The molecule has 0 radical (unpaired) electrons. The quantitative estimate of drug-likeness (QED) is 0.867. The van der Waals surface area contributed by atoms with Crippen molar-refractivity contribution >= 4 is 18.3 Å². The number of nitrogens with zero attached hydrogens (tertiary/aromatic N) is 1. The molecule has 2 saturated heterocycles. The van der Waals surface area contributed by atoms with Gasteiger partial charge >= 0.3 is 0 Å². The number of carbonyl (C=O) groups is 1. The molecule has 2 aliphatic rings. The molecule has 2 N–H and O–H groups in total. The molecule has 1 aromatic carbocycles. The number of ether oxygens (including phenoxy) is 2. The van der Waals surface area contributed by atoms with E-state index in [2.05, 4.69) is 0 Å². The van der Waals surface area contributed by atoms with Gasteiger partial charge in [-0.3, -0.25) is 4.79 Å². The molecule has 2 aliphatic heterocycles. The Bertz CT molecular complexity index is 515. The van der Waals surface area contributed by atoms with Crippen LogP contribution in [0.1, 0.15) is 43.7 Å². The van der Waals surface area contributed by atoms with Crippen molar-refractivity contribution in [2.45, 2.75) is 50.4 Å². The average Bonchev–Trinajstić information content (AvgIpc) is 2.67. The molecule has 0 saturated carbocycles. The molecule has 3 rings (SSSR count). The first-order valence-corrected chi connectivity index (χ1v) is 9.06. The highest BCUT2D eigenvalue weighted by atomic mass is 35.5. The van der Waals surface area contributed by atoms with Crippen LogP contribution in [-0.2, 0) is 14.3 Å². The largest absolute Gasteiger partial charge is 0.376 e. The van der Waals surface area contributed by atoms with Gasteiger partial charge in [0.1, 0.15) is 6.04 Å². The molecule has 140 valence electrons. The van der Waals surface area contributed by atoms with Crippen LogP contribution in [-0.4, -0.2) is 49.3 Å². The Balaban J connectivity index is 0.00000225. The Morgan fingerprint density at radius 3 is 2.56 bits per heavy atom. The zero-order chi connectivity index (χ0) is 16.8. The second kappa shape index (κ2) is 10.1. The maximum atomic E-state index is 12.6. The Morgan fingerprint density at radius 2 is 1.92 bits per heavy atom. The second-order valence-electron chi connectivity index (χ2n) is 6.73.